The SMILES string of the molecule is C1CCC1.Cc1nc2ncc(-c3ccn4nc(N)ncc34)cc2n1C1CCCCC1. The van der Waals surface area contributed by atoms with Gasteiger partial charge in [0.2, 0.25) is 5.95 Å². The van der Waals surface area contributed by atoms with Gasteiger partial charge < -0.3 is 10.3 Å². The molecule has 4 heterocycles. The number of pyridine rings is 1. The summed E-state index contributed by atoms with van der Waals surface area (Å²) in [7, 11) is 0. The lowest BCUT2D eigenvalue weighted by Gasteiger charge is -2.24. The van der Waals surface area contributed by atoms with Gasteiger partial charge >= 0.3 is 0 Å². The van der Waals surface area contributed by atoms with Gasteiger partial charge in [0.25, 0.3) is 0 Å². The Morgan fingerprint density at radius 2 is 1.67 bits per heavy atom. The average molecular weight is 404 g/mol. The fourth-order valence-corrected chi connectivity index (χ4v) is 4.45. The van der Waals surface area contributed by atoms with E-state index < -0.39 is 0 Å². The summed E-state index contributed by atoms with van der Waals surface area (Å²) in [5, 5.41) is 4.22. The summed E-state index contributed by atoms with van der Waals surface area (Å²) in [6, 6.07) is 4.75. The van der Waals surface area contributed by atoms with E-state index in [9.17, 15) is 0 Å². The first kappa shape index (κ1) is 19.0. The number of aromatic nitrogens is 6. The molecule has 2 N–H and O–H groups in total. The van der Waals surface area contributed by atoms with Gasteiger partial charge in [-0.2, -0.15) is 0 Å². The van der Waals surface area contributed by atoms with E-state index in [-0.39, 0.29) is 5.95 Å². The van der Waals surface area contributed by atoms with Crippen molar-refractivity contribution in [1.82, 2.24) is 29.1 Å². The van der Waals surface area contributed by atoms with Crippen molar-refractivity contribution in [2.45, 2.75) is 70.8 Å². The van der Waals surface area contributed by atoms with Crippen LogP contribution in [-0.2, 0) is 0 Å². The molecular formula is C23H29N7. The maximum Gasteiger partial charge on any atom is 0.238 e. The number of nitrogens with zero attached hydrogens (tertiary/aromatic N) is 6. The van der Waals surface area contributed by atoms with Crippen LogP contribution in [0.15, 0.2) is 30.7 Å². The van der Waals surface area contributed by atoms with Crippen molar-refractivity contribution in [3.05, 3.63) is 36.5 Å². The lowest BCUT2D eigenvalue weighted by Crippen LogP contribution is -2.14. The van der Waals surface area contributed by atoms with Crippen molar-refractivity contribution >= 4 is 22.6 Å². The van der Waals surface area contributed by atoms with E-state index in [0.29, 0.717) is 6.04 Å². The minimum absolute atomic E-state index is 0.263. The van der Waals surface area contributed by atoms with E-state index in [2.05, 4.69) is 32.6 Å². The Balaban J connectivity index is 0.000000434. The molecule has 2 saturated carbocycles. The molecule has 0 bridgehead atoms. The van der Waals surface area contributed by atoms with Crippen LogP contribution in [-0.4, -0.2) is 29.1 Å². The predicted octanol–water partition coefficient (Wildman–Crippen LogP) is 5.10. The summed E-state index contributed by atoms with van der Waals surface area (Å²) < 4.78 is 4.14. The highest BCUT2D eigenvalue weighted by molar-refractivity contribution is 5.85. The number of imidazole rings is 1. The monoisotopic (exact) mass is 403 g/mol. The fourth-order valence-electron chi connectivity index (χ4n) is 4.45. The molecule has 0 aromatic carbocycles. The summed E-state index contributed by atoms with van der Waals surface area (Å²) >= 11 is 0. The zero-order valence-corrected chi connectivity index (χ0v) is 17.6. The summed E-state index contributed by atoms with van der Waals surface area (Å²) in [4.78, 5) is 13.5. The van der Waals surface area contributed by atoms with Crippen molar-refractivity contribution in [1.29, 1.82) is 0 Å². The quantitative estimate of drug-likeness (QED) is 0.503. The maximum absolute atomic E-state index is 5.68. The van der Waals surface area contributed by atoms with Crippen molar-refractivity contribution in [3.63, 3.8) is 0 Å². The first-order valence-corrected chi connectivity index (χ1v) is 11.2. The highest BCUT2D eigenvalue weighted by atomic mass is 15.3. The number of hydrogen-bond donors (Lipinski definition) is 1. The van der Waals surface area contributed by atoms with E-state index in [1.807, 2.05) is 18.5 Å². The number of anilines is 1. The third kappa shape index (κ3) is 3.53. The molecule has 0 aliphatic heterocycles. The second kappa shape index (κ2) is 8.05. The number of fused-ring (bicyclic) bond motifs is 2. The highest BCUT2D eigenvalue weighted by Crippen LogP contribution is 2.34. The zero-order chi connectivity index (χ0) is 20.5. The summed E-state index contributed by atoms with van der Waals surface area (Å²) in [6.45, 7) is 2.08. The molecule has 0 unspecified atom stereocenters. The topological polar surface area (TPSA) is 86.9 Å². The van der Waals surface area contributed by atoms with Crippen molar-refractivity contribution in [3.8, 4) is 11.1 Å². The van der Waals surface area contributed by atoms with Gasteiger partial charge in [0.15, 0.2) is 5.65 Å². The number of rotatable bonds is 2. The second-order valence-electron chi connectivity index (χ2n) is 8.48. The van der Waals surface area contributed by atoms with Crippen LogP contribution in [0, 0.1) is 6.92 Å². The zero-order valence-electron chi connectivity index (χ0n) is 17.6. The van der Waals surface area contributed by atoms with Gasteiger partial charge in [-0.1, -0.05) is 44.9 Å². The molecule has 4 aromatic heterocycles. The van der Waals surface area contributed by atoms with E-state index in [1.54, 1.807) is 10.7 Å². The van der Waals surface area contributed by atoms with Crippen LogP contribution in [0.1, 0.15) is 69.7 Å². The van der Waals surface area contributed by atoms with E-state index >= 15 is 0 Å². The van der Waals surface area contributed by atoms with Crippen molar-refractivity contribution in [2.24, 2.45) is 0 Å². The summed E-state index contributed by atoms with van der Waals surface area (Å²) in [5.41, 5.74) is 10.6. The Labute approximate surface area is 176 Å². The molecule has 0 atom stereocenters. The van der Waals surface area contributed by atoms with E-state index in [1.165, 1.54) is 57.8 Å². The molecule has 4 aromatic rings. The van der Waals surface area contributed by atoms with Gasteiger partial charge in [-0.25, -0.2) is 19.5 Å². The minimum atomic E-state index is 0.263. The Hall–Kier alpha value is -2.96. The van der Waals surface area contributed by atoms with E-state index in [0.717, 1.165) is 33.6 Å². The number of aryl methyl sites for hydroxylation is 1. The van der Waals surface area contributed by atoms with Gasteiger partial charge in [-0.3, -0.25) is 0 Å². The lowest BCUT2D eigenvalue weighted by molar-refractivity contribution is 0.355. The molecule has 156 valence electrons. The maximum atomic E-state index is 5.68. The third-order valence-electron chi connectivity index (χ3n) is 6.41. The highest BCUT2D eigenvalue weighted by Gasteiger charge is 2.21. The molecule has 0 spiro atoms. The Morgan fingerprint density at radius 3 is 2.40 bits per heavy atom. The third-order valence-corrected chi connectivity index (χ3v) is 6.41. The summed E-state index contributed by atoms with van der Waals surface area (Å²) in [6.07, 6.45) is 17.9. The molecule has 2 aliphatic carbocycles. The van der Waals surface area contributed by atoms with Crippen molar-refractivity contribution in [2.75, 3.05) is 5.73 Å². The van der Waals surface area contributed by atoms with Gasteiger partial charge in [0.1, 0.15) is 5.82 Å². The molecule has 2 fully saturated rings. The van der Waals surface area contributed by atoms with Crippen LogP contribution in [0.5, 0.6) is 0 Å². The molecule has 0 radical (unpaired) electrons. The van der Waals surface area contributed by atoms with Gasteiger partial charge in [-0.15, -0.1) is 5.10 Å². The Bertz CT molecular complexity index is 1160. The number of nitrogen functional groups attached to an aromatic ring is 1. The van der Waals surface area contributed by atoms with Gasteiger partial charge in [-0.05, 0) is 31.9 Å². The standard InChI is InChI=1S/C19H21N7.C4H8/c1-12-23-18-16(26(12)14-5-3-2-4-6-14)9-13(10-21-18)15-7-8-25-17(15)11-22-19(20)24-25;1-2-4-3-1/h7-11,14H,2-6H2,1H3,(H2,20,24);1-4H2. The van der Waals surface area contributed by atoms with Gasteiger partial charge in [0.05, 0.1) is 17.2 Å². The van der Waals surface area contributed by atoms with E-state index in [4.69, 9.17) is 10.7 Å². The molecule has 0 saturated heterocycles. The largest absolute Gasteiger partial charge is 0.367 e. The van der Waals surface area contributed by atoms with Crippen LogP contribution < -0.4 is 5.73 Å². The van der Waals surface area contributed by atoms with Gasteiger partial charge in [0, 0.05) is 29.6 Å². The summed E-state index contributed by atoms with van der Waals surface area (Å²) in [5.74, 6) is 1.31. The average Bonchev–Trinajstić information content (AvgIpc) is 3.26. The Kier molecular flexibility index (Phi) is 5.11. The molecule has 7 heteroatoms. The minimum Gasteiger partial charge on any atom is -0.367 e. The van der Waals surface area contributed by atoms with Crippen molar-refractivity contribution < 1.29 is 0 Å². The molecular weight excluding hydrogens is 374 g/mol. The second-order valence-corrected chi connectivity index (χ2v) is 8.48. The van der Waals surface area contributed by atoms with Crippen LogP contribution in [0.3, 0.4) is 0 Å². The molecule has 6 rings (SSSR count). The first-order valence-electron chi connectivity index (χ1n) is 11.2. The first-order chi connectivity index (χ1) is 14.7. The number of hydrogen-bond acceptors (Lipinski definition) is 5. The fraction of sp³-hybridized carbons (Fsp3) is 0.478. The lowest BCUT2D eigenvalue weighted by atomic mass is 9.95. The molecule has 0 amide bonds. The molecule has 7 nitrogen and oxygen atoms in total. The van der Waals surface area contributed by atoms with Crippen LogP contribution >= 0.6 is 0 Å². The Morgan fingerprint density at radius 1 is 0.933 bits per heavy atom. The van der Waals surface area contributed by atoms with Crippen LogP contribution in [0.2, 0.25) is 0 Å². The smallest absolute Gasteiger partial charge is 0.238 e. The number of nitrogens with two attached hydrogens (primary N) is 1. The predicted molar refractivity (Wildman–Crippen MR) is 119 cm³/mol. The van der Waals surface area contributed by atoms with Crippen LogP contribution in [0.25, 0.3) is 27.8 Å². The normalized spacial score (nSPS) is 17.0. The molecule has 2 aliphatic rings. The molecule has 30 heavy (non-hydrogen) atoms. The van der Waals surface area contributed by atoms with Crippen LogP contribution in [0.4, 0.5) is 5.95 Å².